The van der Waals surface area contributed by atoms with Crippen molar-refractivity contribution in [1.29, 1.82) is 0 Å². The lowest BCUT2D eigenvalue weighted by Crippen LogP contribution is -2.35. The van der Waals surface area contributed by atoms with Crippen LogP contribution in [0.4, 0.5) is 0 Å². The first kappa shape index (κ1) is 13.9. The molecule has 2 heteroatoms. The van der Waals surface area contributed by atoms with Crippen molar-refractivity contribution in [3.63, 3.8) is 0 Å². The van der Waals surface area contributed by atoms with Gasteiger partial charge in [-0.05, 0) is 44.9 Å². The number of aryl methyl sites for hydroxylation is 1. The highest BCUT2D eigenvalue weighted by Gasteiger charge is 2.10. The fraction of sp³-hybridized carbons (Fsp3) is 0.412. The Morgan fingerprint density at radius 2 is 2.05 bits per heavy atom. The van der Waals surface area contributed by atoms with E-state index in [0.717, 1.165) is 19.5 Å². The van der Waals surface area contributed by atoms with Gasteiger partial charge in [-0.25, -0.2) is 0 Å². The van der Waals surface area contributed by atoms with E-state index in [4.69, 9.17) is 0 Å². The van der Waals surface area contributed by atoms with Crippen LogP contribution >= 0.6 is 0 Å². The molecule has 1 aromatic heterocycles. The number of aromatic nitrogens is 1. The van der Waals surface area contributed by atoms with Crippen molar-refractivity contribution in [3.05, 3.63) is 48.7 Å². The van der Waals surface area contributed by atoms with Gasteiger partial charge in [0, 0.05) is 35.7 Å². The first-order valence-electron chi connectivity index (χ1n) is 6.94. The molecule has 0 spiro atoms. The summed E-state index contributed by atoms with van der Waals surface area (Å²) in [4.78, 5) is 0. The van der Waals surface area contributed by atoms with Crippen molar-refractivity contribution < 1.29 is 0 Å². The molecule has 0 saturated carbocycles. The SMILES string of the molecule is C=CCCn1ccc2c(CNC(C)(C)C)cccc21. The summed E-state index contributed by atoms with van der Waals surface area (Å²) >= 11 is 0. The summed E-state index contributed by atoms with van der Waals surface area (Å²) in [6, 6.07) is 8.77. The Hall–Kier alpha value is -1.54. The molecule has 1 aromatic carbocycles. The minimum Gasteiger partial charge on any atom is -0.347 e. The molecule has 0 aliphatic rings. The van der Waals surface area contributed by atoms with E-state index in [1.807, 2.05) is 6.08 Å². The molecule has 0 aliphatic heterocycles. The zero-order chi connectivity index (χ0) is 13.9. The van der Waals surface area contributed by atoms with Crippen LogP contribution in [0.3, 0.4) is 0 Å². The molecule has 19 heavy (non-hydrogen) atoms. The van der Waals surface area contributed by atoms with Crippen LogP contribution in [0.25, 0.3) is 10.9 Å². The van der Waals surface area contributed by atoms with Crippen LogP contribution in [0.2, 0.25) is 0 Å². The van der Waals surface area contributed by atoms with Crippen molar-refractivity contribution in [2.75, 3.05) is 0 Å². The molecule has 0 bridgehead atoms. The highest BCUT2D eigenvalue weighted by atomic mass is 15.0. The van der Waals surface area contributed by atoms with Crippen LogP contribution in [-0.4, -0.2) is 10.1 Å². The summed E-state index contributed by atoms with van der Waals surface area (Å²) in [6.07, 6.45) is 5.15. The molecule has 102 valence electrons. The monoisotopic (exact) mass is 256 g/mol. The summed E-state index contributed by atoms with van der Waals surface area (Å²) in [5, 5.41) is 4.91. The van der Waals surface area contributed by atoms with Gasteiger partial charge in [0.15, 0.2) is 0 Å². The van der Waals surface area contributed by atoms with Crippen LogP contribution in [-0.2, 0) is 13.1 Å². The quantitative estimate of drug-likeness (QED) is 0.797. The minimum absolute atomic E-state index is 0.146. The fourth-order valence-corrected chi connectivity index (χ4v) is 2.23. The van der Waals surface area contributed by atoms with Gasteiger partial charge in [-0.15, -0.1) is 6.58 Å². The van der Waals surface area contributed by atoms with Gasteiger partial charge in [-0.2, -0.15) is 0 Å². The normalized spacial score (nSPS) is 11.9. The second-order valence-corrected chi connectivity index (χ2v) is 6.04. The Morgan fingerprint density at radius 1 is 1.26 bits per heavy atom. The van der Waals surface area contributed by atoms with Crippen molar-refractivity contribution in [1.82, 2.24) is 9.88 Å². The van der Waals surface area contributed by atoms with Crippen molar-refractivity contribution in [2.24, 2.45) is 0 Å². The van der Waals surface area contributed by atoms with E-state index >= 15 is 0 Å². The zero-order valence-electron chi connectivity index (χ0n) is 12.2. The van der Waals surface area contributed by atoms with Gasteiger partial charge in [0.1, 0.15) is 0 Å². The average molecular weight is 256 g/mol. The molecule has 2 aromatic rings. The molecular formula is C17H24N2. The second-order valence-electron chi connectivity index (χ2n) is 6.04. The lowest BCUT2D eigenvalue weighted by molar-refractivity contribution is 0.425. The van der Waals surface area contributed by atoms with E-state index in [-0.39, 0.29) is 5.54 Å². The summed E-state index contributed by atoms with van der Waals surface area (Å²) in [5.74, 6) is 0. The molecule has 2 rings (SSSR count). The van der Waals surface area contributed by atoms with Crippen molar-refractivity contribution in [3.8, 4) is 0 Å². The van der Waals surface area contributed by atoms with E-state index < -0.39 is 0 Å². The smallest absolute Gasteiger partial charge is 0.0483 e. The Morgan fingerprint density at radius 3 is 2.74 bits per heavy atom. The number of nitrogens with zero attached hydrogens (tertiary/aromatic N) is 1. The van der Waals surface area contributed by atoms with E-state index in [1.54, 1.807) is 0 Å². The van der Waals surface area contributed by atoms with Gasteiger partial charge in [0.05, 0.1) is 0 Å². The van der Waals surface area contributed by atoms with E-state index in [0.29, 0.717) is 0 Å². The third-order valence-corrected chi connectivity index (χ3v) is 3.29. The molecule has 0 fully saturated rings. The number of nitrogens with one attached hydrogen (secondary N) is 1. The Bertz CT molecular complexity index is 558. The largest absolute Gasteiger partial charge is 0.347 e. The molecule has 0 atom stereocenters. The molecule has 1 N–H and O–H groups in total. The van der Waals surface area contributed by atoms with E-state index in [1.165, 1.54) is 16.5 Å². The number of allylic oxidation sites excluding steroid dienone is 1. The van der Waals surface area contributed by atoms with E-state index in [2.05, 4.69) is 67.7 Å². The van der Waals surface area contributed by atoms with Crippen LogP contribution in [0, 0.1) is 0 Å². The van der Waals surface area contributed by atoms with Gasteiger partial charge in [0.25, 0.3) is 0 Å². The summed E-state index contributed by atoms with van der Waals surface area (Å²) in [6.45, 7) is 12.3. The summed E-state index contributed by atoms with van der Waals surface area (Å²) in [7, 11) is 0. The van der Waals surface area contributed by atoms with Gasteiger partial charge < -0.3 is 9.88 Å². The topological polar surface area (TPSA) is 17.0 Å². The van der Waals surface area contributed by atoms with Gasteiger partial charge in [0.2, 0.25) is 0 Å². The predicted octanol–water partition coefficient (Wildman–Crippen LogP) is 4.11. The standard InChI is InChI=1S/C17H24N2/c1-5-6-11-19-12-10-15-14(8-7-9-16(15)19)13-18-17(2,3)4/h5,7-10,12,18H,1,6,11,13H2,2-4H3. The highest BCUT2D eigenvalue weighted by Crippen LogP contribution is 2.21. The fourth-order valence-electron chi connectivity index (χ4n) is 2.23. The molecule has 0 radical (unpaired) electrons. The second kappa shape index (κ2) is 5.62. The highest BCUT2D eigenvalue weighted by molar-refractivity contribution is 5.83. The van der Waals surface area contributed by atoms with E-state index in [9.17, 15) is 0 Å². The number of benzene rings is 1. The van der Waals surface area contributed by atoms with Gasteiger partial charge in [-0.1, -0.05) is 18.2 Å². The number of hydrogen-bond donors (Lipinski definition) is 1. The molecule has 0 saturated heterocycles. The molecule has 0 unspecified atom stereocenters. The minimum atomic E-state index is 0.146. The summed E-state index contributed by atoms with van der Waals surface area (Å²) < 4.78 is 2.30. The molecule has 1 heterocycles. The Balaban J connectivity index is 2.25. The lowest BCUT2D eigenvalue weighted by Gasteiger charge is -2.21. The molecule has 0 amide bonds. The van der Waals surface area contributed by atoms with Gasteiger partial charge in [-0.3, -0.25) is 0 Å². The Labute approximate surface area is 116 Å². The van der Waals surface area contributed by atoms with Crippen LogP contribution in [0.5, 0.6) is 0 Å². The van der Waals surface area contributed by atoms with Gasteiger partial charge >= 0.3 is 0 Å². The molecular weight excluding hydrogens is 232 g/mol. The van der Waals surface area contributed by atoms with Crippen LogP contribution < -0.4 is 5.32 Å². The zero-order valence-corrected chi connectivity index (χ0v) is 12.2. The first-order valence-corrected chi connectivity index (χ1v) is 6.94. The first-order chi connectivity index (χ1) is 9.01. The third kappa shape index (κ3) is 3.48. The maximum absolute atomic E-state index is 3.79. The lowest BCUT2D eigenvalue weighted by atomic mass is 10.1. The van der Waals surface area contributed by atoms with Crippen molar-refractivity contribution >= 4 is 10.9 Å². The third-order valence-electron chi connectivity index (χ3n) is 3.29. The Kier molecular flexibility index (Phi) is 4.11. The summed E-state index contributed by atoms with van der Waals surface area (Å²) in [5.41, 5.74) is 2.83. The average Bonchev–Trinajstić information content (AvgIpc) is 2.76. The predicted molar refractivity (Wildman–Crippen MR) is 83.3 cm³/mol. The number of fused-ring (bicyclic) bond motifs is 1. The van der Waals surface area contributed by atoms with Crippen molar-refractivity contribution in [2.45, 2.75) is 45.8 Å². The maximum Gasteiger partial charge on any atom is 0.0483 e. The number of hydrogen-bond acceptors (Lipinski definition) is 1. The maximum atomic E-state index is 3.79. The molecule has 0 aliphatic carbocycles. The van der Waals surface area contributed by atoms with Crippen LogP contribution in [0.1, 0.15) is 32.8 Å². The number of rotatable bonds is 5. The molecule has 2 nitrogen and oxygen atoms in total. The van der Waals surface area contributed by atoms with Crippen LogP contribution in [0.15, 0.2) is 43.1 Å².